The Morgan fingerprint density at radius 1 is 1.44 bits per heavy atom. The van der Waals surface area contributed by atoms with E-state index in [1.165, 1.54) is 22.6 Å². The van der Waals surface area contributed by atoms with E-state index in [-0.39, 0.29) is 5.69 Å². The lowest BCUT2D eigenvalue weighted by Gasteiger charge is -2.07. The highest BCUT2D eigenvalue weighted by Gasteiger charge is 2.19. The molecule has 94 valence electrons. The van der Waals surface area contributed by atoms with Gasteiger partial charge in [-0.1, -0.05) is 12.1 Å². The average Bonchev–Trinajstić information content (AvgIpc) is 2.82. The van der Waals surface area contributed by atoms with Gasteiger partial charge in [0.05, 0.1) is 16.3 Å². The number of thioether (sulfide) groups is 1. The van der Waals surface area contributed by atoms with Gasteiger partial charge in [-0.15, -0.1) is 11.8 Å². The minimum Gasteiger partial charge on any atom is -0.386 e. The fourth-order valence-electron chi connectivity index (χ4n) is 1.63. The molecule has 0 aliphatic rings. The highest BCUT2D eigenvalue weighted by molar-refractivity contribution is 7.98. The fourth-order valence-corrected chi connectivity index (χ4v) is 2.13. The molecule has 7 heteroatoms. The molecule has 2 rings (SSSR count). The fraction of sp³-hybridized carbons (Fsp3) is 0.182. The van der Waals surface area contributed by atoms with Crippen molar-refractivity contribution in [3.05, 3.63) is 40.6 Å². The van der Waals surface area contributed by atoms with Crippen molar-refractivity contribution >= 4 is 23.1 Å². The molecule has 0 aliphatic carbocycles. The third kappa shape index (κ3) is 2.17. The second-order valence-electron chi connectivity index (χ2n) is 3.49. The maximum absolute atomic E-state index is 10.9. The number of para-hydroxylation sites is 2. The Labute approximate surface area is 108 Å². The van der Waals surface area contributed by atoms with E-state index in [2.05, 4.69) is 10.4 Å². The molecular formula is C11H12N4O2S. The molecule has 18 heavy (non-hydrogen) atoms. The first-order chi connectivity index (χ1) is 8.67. The maximum atomic E-state index is 10.9. The van der Waals surface area contributed by atoms with Crippen molar-refractivity contribution in [2.24, 2.45) is 0 Å². The lowest BCUT2D eigenvalue weighted by atomic mass is 10.2. The van der Waals surface area contributed by atoms with Crippen LogP contribution in [0.25, 0.3) is 5.69 Å². The molecule has 0 amide bonds. The predicted octanol–water partition coefficient (Wildman–Crippen LogP) is 2.54. The summed E-state index contributed by atoms with van der Waals surface area (Å²) in [6.45, 7) is 0. The summed E-state index contributed by atoms with van der Waals surface area (Å²) in [5.41, 5.74) is 1.67. The van der Waals surface area contributed by atoms with E-state index in [4.69, 9.17) is 0 Å². The molecule has 6 nitrogen and oxygen atoms in total. The van der Waals surface area contributed by atoms with Crippen LogP contribution in [0.2, 0.25) is 0 Å². The number of nitrogens with one attached hydrogen (secondary N) is 1. The topological polar surface area (TPSA) is 73.0 Å². The van der Waals surface area contributed by atoms with Crippen LogP contribution in [0.3, 0.4) is 0 Å². The number of hydrogen-bond donors (Lipinski definition) is 1. The summed E-state index contributed by atoms with van der Waals surface area (Å²) in [4.78, 5) is 10.5. The second kappa shape index (κ2) is 5.09. The molecule has 0 aliphatic heterocycles. The van der Waals surface area contributed by atoms with Crippen molar-refractivity contribution in [1.82, 2.24) is 9.78 Å². The van der Waals surface area contributed by atoms with Gasteiger partial charge >= 0.3 is 5.69 Å². The van der Waals surface area contributed by atoms with Gasteiger partial charge in [0.1, 0.15) is 6.20 Å². The van der Waals surface area contributed by atoms with Crippen molar-refractivity contribution in [1.29, 1.82) is 0 Å². The molecule has 0 spiro atoms. The maximum Gasteiger partial charge on any atom is 0.321 e. The van der Waals surface area contributed by atoms with Gasteiger partial charge in [-0.3, -0.25) is 10.1 Å². The van der Waals surface area contributed by atoms with E-state index in [0.29, 0.717) is 5.03 Å². The van der Waals surface area contributed by atoms with Crippen LogP contribution in [0.15, 0.2) is 35.5 Å². The third-order valence-electron chi connectivity index (χ3n) is 2.47. The summed E-state index contributed by atoms with van der Waals surface area (Å²) >= 11 is 1.26. The molecule has 0 saturated heterocycles. The molecule has 1 heterocycles. The van der Waals surface area contributed by atoms with Crippen molar-refractivity contribution in [3.8, 4) is 5.69 Å². The molecule has 0 saturated carbocycles. The Bertz CT molecular complexity index is 582. The van der Waals surface area contributed by atoms with Gasteiger partial charge in [0.15, 0.2) is 5.03 Å². The Kier molecular flexibility index (Phi) is 3.52. The highest BCUT2D eigenvalue weighted by atomic mass is 32.2. The molecule has 0 atom stereocenters. The first-order valence-corrected chi connectivity index (χ1v) is 6.45. The zero-order chi connectivity index (χ0) is 13.1. The molecule has 1 aromatic heterocycles. The van der Waals surface area contributed by atoms with Crippen molar-refractivity contribution in [2.75, 3.05) is 18.6 Å². The number of nitrogens with zero attached hydrogens (tertiary/aromatic N) is 3. The van der Waals surface area contributed by atoms with Crippen LogP contribution in [0.4, 0.5) is 11.4 Å². The van der Waals surface area contributed by atoms with Crippen molar-refractivity contribution in [3.63, 3.8) is 0 Å². The molecule has 1 aromatic carbocycles. The van der Waals surface area contributed by atoms with Gasteiger partial charge in [0.25, 0.3) is 0 Å². The lowest BCUT2D eigenvalue weighted by molar-refractivity contribution is -0.387. The zero-order valence-electron chi connectivity index (χ0n) is 9.95. The Hall–Kier alpha value is -2.02. The summed E-state index contributed by atoms with van der Waals surface area (Å²) in [6.07, 6.45) is 3.20. The van der Waals surface area contributed by atoms with Gasteiger partial charge in [-0.25, -0.2) is 4.68 Å². The average molecular weight is 264 g/mol. The van der Waals surface area contributed by atoms with Gasteiger partial charge in [0, 0.05) is 7.05 Å². The smallest absolute Gasteiger partial charge is 0.321 e. The van der Waals surface area contributed by atoms with Gasteiger partial charge in [0.2, 0.25) is 0 Å². The largest absolute Gasteiger partial charge is 0.386 e. The normalized spacial score (nSPS) is 10.3. The SMILES string of the molecule is CNc1ccccc1-n1cc([N+](=O)[O-])c(SC)n1. The van der Waals surface area contributed by atoms with E-state index in [1.54, 1.807) is 13.3 Å². The van der Waals surface area contributed by atoms with E-state index >= 15 is 0 Å². The second-order valence-corrected chi connectivity index (χ2v) is 4.29. The van der Waals surface area contributed by atoms with Gasteiger partial charge < -0.3 is 5.32 Å². The number of nitro groups is 1. The standard InChI is InChI=1S/C11H12N4O2S/c1-12-8-5-3-4-6-9(8)14-7-10(15(16)17)11(13-14)18-2/h3-7,12H,1-2H3. The predicted molar refractivity (Wildman–Crippen MR) is 71.5 cm³/mol. The summed E-state index contributed by atoms with van der Waals surface area (Å²) in [5, 5.41) is 18.6. The van der Waals surface area contributed by atoms with Crippen LogP contribution in [-0.4, -0.2) is 28.0 Å². The molecule has 1 N–H and O–H groups in total. The molecule has 0 fully saturated rings. The summed E-state index contributed by atoms with van der Waals surface area (Å²) in [7, 11) is 1.80. The Balaban J connectivity index is 2.54. The zero-order valence-corrected chi connectivity index (χ0v) is 10.8. The summed E-state index contributed by atoms with van der Waals surface area (Å²) in [6, 6.07) is 7.50. The first-order valence-electron chi connectivity index (χ1n) is 5.22. The third-order valence-corrected chi connectivity index (χ3v) is 3.15. The molecular weight excluding hydrogens is 252 g/mol. The first kappa shape index (κ1) is 12.4. The van der Waals surface area contributed by atoms with Crippen LogP contribution in [-0.2, 0) is 0 Å². The van der Waals surface area contributed by atoms with Crippen LogP contribution in [0.1, 0.15) is 0 Å². The van der Waals surface area contributed by atoms with Crippen molar-refractivity contribution < 1.29 is 4.92 Å². The minimum atomic E-state index is -0.419. The molecule has 0 bridgehead atoms. The van der Waals surface area contributed by atoms with E-state index in [0.717, 1.165) is 11.4 Å². The molecule has 2 aromatic rings. The number of hydrogen-bond acceptors (Lipinski definition) is 5. The number of rotatable bonds is 4. The van der Waals surface area contributed by atoms with E-state index in [1.807, 2.05) is 24.3 Å². The number of benzene rings is 1. The molecule has 0 radical (unpaired) electrons. The minimum absolute atomic E-state index is 0.0217. The van der Waals surface area contributed by atoms with E-state index < -0.39 is 4.92 Å². The number of anilines is 1. The summed E-state index contributed by atoms with van der Waals surface area (Å²) in [5.74, 6) is 0. The lowest BCUT2D eigenvalue weighted by Crippen LogP contribution is -2.00. The van der Waals surface area contributed by atoms with Crippen LogP contribution in [0, 0.1) is 10.1 Å². The highest BCUT2D eigenvalue weighted by Crippen LogP contribution is 2.28. The monoisotopic (exact) mass is 264 g/mol. The summed E-state index contributed by atoms with van der Waals surface area (Å²) < 4.78 is 1.52. The number of aromatic nitrogens is 2. The Morgan fingerprint density at radius 3 is 2.72 bits per heavy atom. The molecule has 0 unspecified atom stereocenters. The van der Waals surface area contributed by atoms with E-state index in [9.17, 15) is 10.1 Å². The van der Waals surface area contributed by atoms with Crippen LogP contribution >= 0.6 is 11.8 Å². The Morgan fingerprint density at radius 2 is 2.17 bits per heavy atom. The quantitative estimate of drug-likeness (QED) is 0.522. The van der Waals surface area contributed by atoms with Gasteiger partial charge in [-0.2, -0.15) is 5.10 Å². The van der Waals surface area contributed by atoms with Gasteiger partial charge in [-0.05, 0) is 18.4 Å². The van der Waals surface area contributed by atoms with Crippen LogP contribution < -0.4 is 5.32 Å². The van der Waals surface area contributed by atoms with Crippen LogP contribution in [0.5, 0.6) is 0 Å². The van der Waals surface area contributed by atoms with Crippen molar-refractivity contribution in [2.45, 2.75) is 5.03 Å².